The van der Waals surface area contributed by atoms with Gasteiger partial charge in [0.05, 0.1) is 21.8 Å². The van der Waals surface area contributed by atoms with Crippen molar-refractivity contribution in [2.75, 3.05) is 18.0 Å². The van der Waals surface area contributed by atoms with E-state index in [2.05, 4.69) is 21.2 Å². The molecule has 4 nitrogen and oxygen atoms in total. The van der Waals surface area contributed by atoms with Crippen LogP contribution < -0.4 is 10.2 Å². The number of anilines is 1. The number of rotatable bonds is 3. The molecule has 1 heterocycles. The Morgan fingerprint density at radius 2 is 2.04 bits per heavy atom. The third-order valence-corrected chi connectivity index (χ3v) is 5.00. The summed E-state index contributed by atoms with van der Waals surface area (Å²) in [5.74, 6) is -1.31. The lowest BCUT2D eigenvalue weighted by Crippen LogP contribution is -2.48. The lowest BCUT2D eigenvalue weighted by atomic mass is 10.0. The van der Waals surface area contributed by atoms with E-state index < -0.39 is 11.6 Å². The second-order valence-corrected chi connectivity index (χ2v) is 7.02. The number of benzene rings is 2. The third kappa shape index (κ3) is 4.02. The first-order valence-corrected chi connectivity index (χ1v) is 8.97. The highest BCUT2D eigenvalue weighted by molar-refractivity contribution is 9.10. The van der Waals surface area contributed by atoms with Crippen molar-refractivity contribution < 1.29 is 13.6 Å². The zero-order valence-electron chi connectivity index (χ0n) is 13.8. The van der Waals surface area contributed by atoms with Crippen LogP contribution in [0.2, 0.25) is 0 Å². The number of nitrogens with one attached hydrogen (secondary N) is 1. The van der Waals surface area contributed by atoms with Gasteiger partial charge in [0.15, 0.2) is 0 Å². The Kier molecular flexibility index (Phi) is 5.52. The van der Waals surface area contributed by atoms with Gasteiger partial charge in [-0.25, -0.2) is 8.78 Å². The molecule has 2 aromatic carbocycles. The Balaban J connectivity index is 1.69. The van der Waals surface area contributed by atoms with Crippen LogP contribution in [0.4, 0.5) is 14.5 Å². The van der Waals surface area contributed by atoms with E-state index in [1.165, 1.54) is 18.2 Å². The van der Waals surface area contributed by atoms with Crippen LogP contribution in [0.15, 0.2) is 40.9 Å². The van der Waals surface area contributed by atoms with Gasteiger partial charge < -0.3 is 10.2 Å². The van der Waals surface area contributed by atoms with Crippen molar-refractivity contribution in [2.45, 2.75) is 18.9 Å². The largest absolute Gasteiger partial charge is 0.367 e. The summed E-state index contributed by atoms with van der Waals surface area (Å²) in [6.07, 6.45) is 1.55. The molecule has 1 atom stereocenters. The minimum Gasteiger partial charge on any atom is -0.367 e. The highest BCUT2D eigenvalue weighted by Crippen LogP contribution is 2.24. The molecule has 0 bridgehead atoms. The van der Waals surface area contributed by atoms with Gasteiger partial charge >= 0.3 is 0 Å². The van der Waals surface area contributed by atoms with Crippen LogP contribution in [0.3, 0.4) is 0 Å². The first kappa shape index (κ1) is 18.3. The molecule has 0 spiro atoms. The molecule has 26 heavy (non-hydrogen) atoms. The summed E-state index contributed by atoms with van der Waals surface area (Å²) in [6, 6.07) is 10.3. The SMILES string of the molecule is N#Cc1ccc(N2CCCC(NC(=O)c3ccc(Br)c(F)c3)C2)c(F)c1. The molecular formula is C19H16BrF2N3O. The molecule has 1 aliphatic heterocycles. The van der Waals surface area contributed by atoms with E-state index in [9.17, 15) is 13.6 Å². The molecule has 1 unspecified atom stereocenters. The fourth-order valence-corrected chi connectivity index (χ4v) is 3.30. The Hall–Kier alpha value is -2.46. The number of carbonyl (C=O) groups is 1. The average molecular weight is 420 g/mol. The molecule has 0 aromatic heterocycles. The molecule has 2 aromatic rings. The number of nitrogens with zero attached hydrogens (tertiary/aromatic N) is 2. The number of halogens is 3. The van der Waals surface area contributed by atoms with E-state index in [0.29, 0.717) is 23.2 Å². The zero-order chi connectivity index (χ0) is 18.7. The fraction of sp³-hybridized carbons (Fsp3) is 0.263. The second-order valence-electron chi connectivity index (χ2n) is 6.17. The van der Waals surface area contributed by atoms with E-state index in [1.54, 1.807) is 18.2 Å². The molecule has 1 saturated heterocycles. The van der Waals surface area contributed by atoms with Crippen LogP contribution in [0.25, 0.3) is 0 Å². The van der Waals surface area contributed by atoms with Crippen LogP contribution in [-0.4, -0.2) is 25.0 Å². The normalized spacial score (nSPS) is 16.8. The molecule has 7 heteroatoms. The van der Waals surface area contributed by atoms with Crippen molar-refractivity contribution in [3.63, 3.8) is 0 Å². The van der Waals surface area contributed by atoms with E-state index in [-0.39, 0.29) is 23.1 Å². The minimum absolute atomic E-state index is 0.169. The van der Waals surface area contributed by atoms with Crippen LogP contribution in [0.5, 0.6) is 0 Å². The molecule has 1 amide bonds. The van der Waals surface area contributed by atoms with Gasteiger partial charge in [-0.1, -0.05) is 0 Å². The van der Waals surface area contributed by atoms with Crippen LogP contribution >= 0.6 is 15.9 Å². The maximum absolute atomic E-state index is 14.2. The van der Waals surface area contributed by atoms with E-state index in [0.717, 1.165) is 12.8 Å². The molecular weight excluding hydrogens is 404 g/mol. The third-order valence-electron chi connectivity index (χ3n) is 4.36. The summed E-state index contributed by atoms with van der Waals surface area (Å²) in [5.41, 5.74) is 0.926. The predicted octanol–water partition coefficient (Wildman–Crippen LogP) is 4.00. The maximum atomic E-state index is 14.2. The molecule has 0 saturated carbocycles. The van der Waals surface area contributed by atoms with Gasteiger partial charge in [0.1, 0.15) is 11.6 Å². The van der Waals surface area contributed by atoms with Crippen molar-refractivity contribution in [1.82, 2.24) is 5.32 Å². The smallest absolute Gasteiger partial charge is 0.251 e. The lowest BCUT2D eigenvalue weighted by molar-refractivity contribution is 0.0932. The van der Waals surface area contributed by atoms with E-state index >= 15 is 0 Å². The summed E-state index contributed by atoms with van der Waals surface area (Å²) >= 11 is 3.06. The molecule has 1 aliphatic rings. The van der Waals surface area contributed by atoms with Crippen molar-refractivity contribution in [2.24, 2.45) is 0 Å². The van der Waals surface area contributed by atoms with Crippen molar-refractivity contribution in [1.29, 1.82) is 5.26 Å². The lowest BCUT2D eigenvalue weighted by Gasteiger charge is -2.35. The average Bonchev–Trinajstić information content (AvgIpc) is 2.64. The van der Waals surface area contributed by atoms with Crippen molar-refractivity contribution in [3.8, 4) is 6.07 Å². The number of amides is 1. The summed E-state index contributed by atoms with van der Waals surface area (Å²) in [6.45, 7) is 1.12. The predicted molar refractivity (Wildman–Crippen MR) is 97.9 cm³/mol. The monoisotopic (exact) mass is 419 g/mol. The van der Waals surface area contributed by atoms with Gasteiger partial charge in [-0.05, 0) is 65.2 Å². The molecule has 1 N–H and O–H groups in total. The first-order chi connectivity index (χ1) is 12.5. The number of hydrogen-bond acceptors (Lipinski definition) is 3. The number of nitriles is 1. The van der Waals surface area contributed by atoms with Crippen LogP contribution in [0.1, 0.15) is 28.8 Å². The maximum Gasteiger partial charge on any atom is 0.251 e. The Labute approximate surface area is 158 Å². The molecule has 0 radical (unpaired) electrons. The van der Waals surface area contributed by atoms with Gasteiger partial charge in [-0.2, -0.15) is 5.26 Å². The zero-order valence-corrected chi connectivity index (χ0v) is 15.4. The summed E-state index contributed by atoms with van der Waals surface area (Å²) < 4.78 is 28.1. The van der Waals surface area contributed by atoms with Crippen LogP contribution in [-0.2, 0) is 0 Å². The van der Waals surface area contributed by atoms with Gasteiger partial charge in [-0.15, -0.1) is 0 Å². The van der Waals surface area contributed by atoms with E-state index in [1.807, 2.05) is 11.0 Å². The minimum atomic E-state index is -0.498. The van der Waals surface area contributed by atoms with Crippen molar-refractivity contribution >= 4 is 27.5 Å². The van der Waals surface area contributed by atoms with Gasteiger partial charge in [0.2, 0.25) is 0 Å². The van der Waals surface area contributed by atoms with Gasteiger partial charge in [0, 0.05) is 24.7 Å². The van der Waals surface area contributed by atoms with Gasteiger partial charge in [-0.3, -0.25) is 4.79 Å². The van der Waals surface area contributed by atoms with Crippen molar-refractivity contribution in [3.05, 3.63) is 63.6 Å². The second kappa shape index (κ2) is 7.83. The van der Waals surface area contributed by atoms with Crippen LogP contribution in [0, 0.1) is 23.0 Å². The standard InChI is InChI=1S/C19H16BrF2N3O/c20-15-5-4-13(9-16(15)21)19(26)24-14-2-1-7-25(11-14)18-6-3-12(10-23)8-17(18)22/h3-6,8-9,14H,1-2,7,11H2,(H,24,26). The number of piperidine rings is 1. The summed E-state index contributed by atoms with van der Waals surface area (Å²) in [4.78, 5) is 14.2. The first-order valence-electron chi connectivity index (χ1n) is 8.18. The van der Waals surface area contributed by atoms with E-state index in [4.69, 9.17) is 5.26 Å². The number of carbonyl (C=O) groups excluding carboxylic acids is 1. The molecule has 0 aliphatic carbocycles. The topological polar surface area (TPSA) is 56.1 Å². The Bertz CT molecular complexity index is 882. The quantitative estimate of drug-likeness (QED) is 0.817. The Morgan fingerprint density at radius 1 is 1.23 bits per heavy atom. The molecule has 134 valence electrons. The Morgan fingerprint density at radius 3 is 2.73 bits per heavy atom. The number of hydrogen-bond donors (Lipinski definition) is 1. The summed E-state index contributed by atoms with van der Waals surface area (Å²) in [7, 11) is 0. The highest BCUT2D eigenvalue weighted by Gasteiger charge is 2.24. The molecule has 1 fully saturated rings. The highest BCUT2D eigenvalue weighted by atomic mass is 79.9. The fourth-order valence-electron chi connectivity index (χ4n) is 3.05. The molecule has 3 rings (SSSR count). The van der Waals surface area contributed by atoms with Gasteiger partial charge in [0.25, 0.3) is 5.91 Å². The summed E-state index contributed by atoms with van der Waals surface area (Å²) in [5, 5.41) is 11.7.